The zero-order valence-electron chi connectivity index (χ0n) is 9.57. The van der Waals surface area contributed by atoms with E-state index in [0.29, 0.717) is 0 Å². The summed E-state index contributed by atoms with van der Waals surface area (Å²) in [5.41, 5.74) is 2.09. The van der Waals surface area contributed by atoms with Crippen LogP contribution in [0.1, 0.15) is 20.8 Å². The molecule has 3 N–H and O–H groups in total. The maximum atomic E-state index is 12.5. The van der Waals surface area contributed by atoms with Gasteiger partial charge in [0, 0.05) is 6.04 Å². The van der Waals surface area contributed by atoms with Crippen LogP contribution in [0.4, 0.5) is 17.6 Å². The van der Waals surface area contributed by atoms with Crippen LogP contribution in [0.25, 0.3) is 0 Å². The third-order valence-electron chi connectivity index (χ3n) is 2.14. The third kappa shape index (κ3) is 5.09. The molecule has 0 fully saturated rings. The normalized spacial score (nSPS) is 15.6. The number of nitrogens with two attached hydrogens (primary N) is 1. The molecule has 0 aromatic heterocycles. The van der Waals surface area contributed by atoms with E-state index < -0.39 is 19.0 Å². The Morgan fingerprint density at radius 2 is 1.75 bits per heavy atom. The molecule has 0 rings (SSSR count). The van der Waals surface area contributed by atoms with E-state index in [-0.39, 0.29) is 18.1 Å². The topological polar surface area (TPSA) is 47.3 Å². The summed E-state index contributed by atoms with van der Waals surface area (Å²) in [4.78, 5) is 0. The van der Waals surface area contributed by atoms with Crippen LogP contribution in [0.15, 0.2) is 0 Å². The van der Waals surface area contributed by atoms with Crippen LogP contribution in [0.2, 0.25) is 0 Å². The first kappa shape index (κ1) is 15.6. The fourth-order valence-corrected chi connectivity index (χ4v) is 0.924. The molecular weight excluding hydrogens is 228 g/mol. The van der Waals surface area contributed by atoms with Crippen molar-refractivity contribution < 1.29 is 22.3 Å². The minimum atomic E-state index is -4.11. The lowest BCUT2D eigenvalue weighted by Gasteiger charge is -2.30. The SMILES string of the molecule is CC(C)(C)C(COCC(F)(F)C(F)F)NN. The van der Waals surface area contributed by atoms with Gasteiger partial charge < -0.3 is 4.74 Å². The van der Waals surface area contributed by atoms with E-state index >= 15 is 0 Å². The number of nitrogens with one attached hydrogen (secondary N) is 1. The van der Waals surface area contributed by atoms with Gasteiger partial charge in [0.25, 0.3) is 0 Å². The summed E-state index contributed by atoms with van der Waals surface area (Å²) < 4.78 is 53.1. The molecule has 7 heteroatoms. The van der Waals surface area contributed by atoms with Gasteiger partial charge in [-0.3, -0.25) is 11.3 Å². The summed E-state index contributed by atoms with van der Waals surface area (Å²) in [7, 11) is 0. The first-order chi connectivity index (χ1) is 7.11. The Bertz CT molecular complexity index is 206. The molecule has 0 amide bonds. The van der Waals surface area contributed by atoms with Crippen molar-refractivity contribution in [1.29, 1.82) is 0 Å². The zero-order valence-corrected chi connectivity index (χ0v) is 9.57. The maximum absolute atomic E-state index is 12.5. The largest absolute Gasteiger partial charge is 0.373 e. The standard InChI is InChI=1S/C9H18F4N2O/c1-8(2,3)6(15-14)4-16-5-9(12,13)7(10)11/h6-7,15H,4-5,14H2,1-3H3. The smallest absolute Gasteiger partial charge is 0.330 e. The van der Waals surface area contributed by atoms with Gasteiger partial charge in [-0.25, -0.2) is 8.78 Å². The summed E-state index contributed by atoms with van der Waals surface area (Å²) in [6, 6.07) is -0.388. The predicted molar refractivity (Wildman–Crippen MR) is 52.3 cm³/mol. The number of hydrogen-bond acceptors (Lipinski definition) is 3. The summed E-state index contributed by atoms with van der Waals surface area (Å²) in [6.45, 7) is 4.02. The highest BCUT2D eigenvalue weighted by atomic mass is 19.3. The summed E-state index contributed by atoms with van der Waals surface area (Å²) in [5.74, 6) is 1.09. The molecule has 0 saturated heterocycles. The molecule has 0 saturated carbocycles. The Hall–Kier alpha value is -0.400. The maximum Gasteiger partial charge on any atom is 0.330 e. The van der Waals surface area contributed by atoms with Crippen molar-refractivity contribution in [3.63, 3.8) is 0 Å². The fourth-order valence-electron chi connectivity index (χ4n) is 0.924. The van der Waals surface area contributed by atoms with Gasteiger partial charge in [-0.1, -0.05) is 20.8 Å². The van der Waals surface area contributed by atoms with Crippen LogP contribution >= 0.6 is 0 Å². The number of hydrogen-bond donors (Lipinski definition) is 2. The Kier molecular flexibility index (Phi) is 5.64. The Balaban J connectivity index is 4.06. The molecule has 1 unspecified atom stereocenters. The molecule has 0 aliphatic carbocycles. The second-order valence-electron chi connectivity index (χ2n) is 4.66. The van der Waals surface area contributed by atoms with Crippen molar-refractivity contribution in [2.45, 2.75) is 39.2 Å². The fraction of sp³-hybridized carbons (Fsp3) is 1.00. The van der Waals surface area contributed by atoms with Gasteiger partial charge in [-0.2, -0.15) is 8.78 Å². The van der Waals surface area contributed by atoms with E-state index in [0.717, 1.165) is 0 Å². The first-order valence-electron chi connectivity index (χ1n) is 4.81. The van der Waals surface area contributed by atoms with Crippen molar-refractivity contribution in [2.75, 3.05) is 13.2 Å². The minimum absolute atomic E-state index is 0.150. The van der Waals surface area contributed by atoms with Crippen molar-refractivity contribution in [1.82, 2.24) is 5.43 Å². The molecule has 98 valence electrons. The predicted octanol–water partition coefficient (Wildman–Crippen LogP) is 1.78. The van der Waals surface area contributed by atoms with Gasteiger partial charge in [0.15, 0.2) is 0 Å². The van der Waals surface area contributed by atoms with Crippen molar-refractivity contribution in [3.8, 4) is 0 Å². The molecule has 0 aromatic rings. The van der Waals surface area contributed by atoms with Crippen LogP contribution in [0.5, 0.6) is 0 Å². The second-order valence-corrected chi connectivity index (χ2v) is 4.66. The van der Waals surface area contributed by atoms with Crippen molar-refractivity contribution in [2.24, 2.45) is 11.3 Å². The highest BCUT2D eigenvalue weighted by Crippen LogP contribution is 2.24. The number of hydrazine groups is 1. The molecule has 16 heavy (non-hydrogen) atoms. The number of alkyl halides is 4. The molecule has 3 nitrogen and oxygen atoms in total. The monoisotopic (exact) mass is 246 g/mol. The van der Waals surface area contributed by atoms with E-state index in [1.54, 1.807) is 0 Å². The zero-order chi connectivity index (χ0) is 13.0. The first-order valence-corrected chi connectivity index (χ1v) is 4.81. The van der Waals surface area contributed by atoms with E-state index in [9.17, 15) is 17.6 Å². The van der Waals surface area contributed by atoms with Gasteiger partial charge in [-0.05, 0) is 5.41 Å². The molecular formula is C9H18F4N2O. The highest BCUT2D eigenvalue weighted by molar-refractivity contribution is 4.78. The lowest BCUT2D eigenvalue weighted by atomic mass is 9.88. The lowest BCUT2D eigenvalue weighted by molar-refractivity contribution is -0.168. The van der Waals surface area contributed by atoms with Crippen LogP contribution in [0.3, 0.4) is 0 Å². The van der Waals surface area contributed by atoms with E-state index in [2.05, 4.69) is 10.2 Å². The minimum Gasteiger partial charge on any atom is -0.373 e. The molecule has 0 radical (unpaired) electrons. The van der Waals surface area contributed by atoms with Gasteiger partial charge in [0.2, 0.25) is 0 Å². The third-order valence-corrected chi connectivity index (χ3v) is 2.14. The van der Waals surface area contributed by atoms with Crippen molar-refractivity contribution in [3.05, 3.63) is 0 Å². The molecule has 0 bridgehead atoms. The molecule has 0 spiro atoms. The molecule has 0 aliphatic rings. The van der Waals surface area contributed by atoms with Crippen LogP contribution in [-0.2, 0) is 4.74 Å². The van der Waals surface area contributed by atoms with E-state index in [4.69, 9.17) is 5.84 Å². The highest BCUT2D eigenvalue weighted by Gasteiger charge is 2.41. The van der Waals surface area contributed by atoms with Crippen LogP contribution < -0.4 is 11.3 Å². The van der Waals surface area contributed by atoms with Gasteiger partial charge in [0.1, 0.15) is 6.61 Å². The molecule has 0 heterocycles. The van der Waals surface area contributed by atoms with Gasteiger partial charge >= 0.3 is 12.3 Å². The van der Waals surface area contributed by atoms with E-state index in [1.165, 1.54) is 0 Å². The number of halogens is 4. The Labute approximate surface area is 92.3 Å². The average molecular weight is 246 g/mol. The second kappa shape index (κ2) is 5.79. The Morgan fingerprint density at radius 1 is 1.25 bits per heavy atom. The Morgan fingerprint density at radius 3 is 2.06 bits per heavy atom. The quantitative estimate of drug-likeness (QED) is 0.426. The van der Waals surface area contributed by atoms with Crippen molar-refractivity contribution >= 4 is 0 Å². The lowest BCUT2D eigenvalue weighted by Crippen LogP contribution is -2.48. The van der Waals surface area contributed by atoms with E-state index in [1.807, 2.05) is 20.8 Å². The average Bonchev–Trinajstić information content (AvgIpc) is 2.10. The summed E-state index contributed by atoms with van der Waals surface area (Å²) in [5, 5.41) is 0. The van der Waals surface area contributed by atoms with Gasteiger partial charge in [0.05, 0.1) is 6.61 Å². The van der Waals surface area contributed by atoms with Gasteiger partial charge in [-0.15, -0.1) is 0 Å². The summed E-state index contributed by atoms with van der Waals surface area (Å²) >= 11 is 0. The molecule has 1 atom stereocenters. The van der Waals surface area contributed by atoms with Crippen LogP contribution in [-0.4, -0.2) is 31.6 Å². The van der Waals surface area contributed by atoms with Crippen LogP contribution in [0, 0.1) is 5.41 Å². The summed E-state index contributed by atoms with van der Waals surface area (Å²) in [6.07, 6.45) is -3.72. The molecule has 0 aliphatic heterocycles. The molecule has 0 aromatic carbocycles. The number of ether oxygens (including phenoxy) is 1. The number of rotatable bonds is 6.